The van der Waals surface area contributed by atoms with E-state index >= 15 is 0 Å². The van der Waals surface area contributed by atoms with Crippen molar-refractivity contribution >= 4 is 23.1 Å². The highest BCUT2D eigenvalue weighted by Crippen LogP contribution is 2.29. The predicted octanol–water partition coefficient (Wildman–Crippen LogP) is 0.897. The average Bonchev–Trinajstić information content (AvgIpc) is 2.82. The highest BCUT2D eigenvalue weighted by molar-refractivity contribution is 7.80. The molecule has 0 spiro atoms. The molecule has 1 fully saturated rings. The van der Waals surface area contributed by atoms with Crippen LogP contribution in [-0.4, -0.2) is 42.0 Å². The van der Waals surface area contributed by atoms with Gasteiger partial charge in [0.2, 0.25) is 5.91 Å². The van der Waals surface area contributed by atoms with Gasteiger partial charge in [0.1, 0.15) is 17.3 Å². The lowest BCUT2D eigenvalue weighted by Gasteiger charge is -2.21. The number of hydrogen-bond donors (Lipinski definition) is 2. The fourth-order valence-corrected chi connectivity index (χ4v) is 2.70. The van der Waals surface area contributed by atoms with Gasteiger partial charge in [0.15, 0.2) is 0 Å². The number of likely N-dealkylation sites (tertiary alicyclic amines) is 1. The van der Waals surface area contributed by atoms with Crippen LogP contribution >= 0.6 is 12.2 Å². The molecule has 6 heteroatoms. The molecule has 21 heavy (non-hydrogen) atoms. The van der Waals surface area contributed by atoms with Gasteiger partial charge in [-0.3, -0.25) is 9.69 Å². The molecule has 114 valence electrons. The molecule has 4 N–H and O–H groups in total. The summed E-state index contributed by atoms with van der Waals surface area (Å²) < 4.78 is 5.76. The number of thiocarbonyl (C=S) groups is 1. The normalized spacial score (nSPS) is 22.1. The summed E-state index contributed by atoms with van der Waals surface area (Å²) in [4.78, 5) is 13.9. The van der Waals surface area contributed by atoms with Crippen molar-refractivity contribution in [3.8, 4) is 5.75 Å². The van der Waals surface area contributed by atoms with Crippen LogP contribution in [0.3, 0.4) is 0 Å². The molecule has 1 saturated heterocycles. The molecule has 0 radical (unpaired) electrons. The molecule has 0 aromatic heterocycles. The van der Waals surface area contributed by atoms with Crippen LogP contribution in [0.25, 0.3) is 0 Å². The van der Waals surface area contributed by atoms with Crippen molar-refractivity contribution in [1.29, 1.82) is 0 Å². The van der Waals surface area contributed by atoms with Crippen molar-refractivity contribution in [2.75, 3.05) is 26.2 Å². The first-order valence-corrected chi connectivity index (χ1v) is 7.37. The van der Waals surface area contributed by atoms with E-state index in [9.17, 15) is 4.79 Å². The van der Waals surface area contributed by atoms with Crippen LogP contribution in [-0.2, 0) is 4.79 Å². The molecule has 0 bridgehead atoms. The number of nitrogens with zero attached hydrogens (tertiary/aromatic N) is 1. The molecule has 1 aromatic rings. The lowest BCUT2D eigenvalue weighted by molar-refractivity contribution is -0.126. The molecule has 1 unspecified atom stereocenters. The summed E-state index contributed by atoms with van der Waals surface area (Å²) in [6.45, 7) is 4.73. The first-order chi connectivity index (χ1) is 9.92. The first-order valence-electron chi connectivity index (χ1n) is 6.96. The summed E-state index contributed by atoms with van der Waals surface area (Å²) in [5.74, 6) is 0.464. The Morgan fingerprint density at radius 1 is 1.43 bits per heavy atom. The maximum atomic E-state index is 11.4. The van der Waals surface area contributed by atoms with Crippen LogP contribution < -0.4 is 16.2 Å². The molecule has 2 rings (SSSR count). The molecular formula is C15H21N3O2S. The van der Waals surface area contributed by atoms with E-state index in [2.05, 4.69) is 4.90 Å². The van der Waals surface area contributed by atoms with Crippen molar-refractivity contribution in [1.82, 2.24) is 4.90 Å². The SMILES string of the molecule is CC1(C(N)=O)CCN(CCOc2ccccc2C(N)=S)C1. The molecule has 1 aromatic carbocycles. The van der Waals surface area contributed by atoms with E-state index in [0.717, 1.165) is 25.1 Å². The van der Waals surface area contributed by atoms with Gasteiger partial charge < -0.3 is 16.2 Å². The number of primary amides is 1. The second-order valence-electron chi connectivity index (χ2n) is 5.66. The minimum Gasteiger partial charge on any atom is -0.492 e. The molecule has 1 amide bonds. The lowest BCUT2D eigenvalue weighted by Crippen LogP contribution is -2.37. The van der Waals surface area contributed by atoms with Gasteiger partial charge in [-0.15, -0.1) is 0 Å². The summed E-state index contributed by atoms with van der Waals surface area (Å²) in [6.07, 6.45) is 0.797. The van der Waals surface area contributed by atoms with E-state index in [0.29, 0.717) is 23.9 Å². The standard InChI is InChI=1S/C15H21N3O2S/c1-15(14(17)19)6-7-18(10-15)8-9-20-12-5-3-2-4-11(12)13(16)21/h2-5H,6-10H2,1H3,(H2,16,21)(H2,17,19). The molecule has 1 aliphatic heterocycles. The fraction of sp³-hybridized carbons (Fsp3) is 0.467. The first kappa shape index (κ1) is 15.7. The maximum absolute atomic E-state index is 11.4. The Hall–Kier alpha value is -1.66. The third-order valence-corrected chi connectivity index (χ3v) is 4.18. The number of ether oxygens (including phenoxy) is 1. The van der Waals surface area contributed by atoms with Crippen LogP contribution in [0.2, 0.25) is 0 Å². The van der Waals surface area contributed by atoms with Crippen molar-refractivity contribution in [2.24, 2.45) is 16.9 Å². The van der Waals surface area contributed by atoms with Crippen molar-refractivity contribution < 1.29 is 9.53 Å². The second kappa shape index (κ2) is 6.41. The van der Waals surface area contributed by atoms with E-state index in [1.165, 1.54) is 0 Å². The highest BCUT2D eigenvalue weighted by Gasteiger charge is 2.38. The van der Waals surface area contributed by atoms with Crippen LogP contribution in [0.5, 0.6) is 5.75 Å². The van der Waals surface area contributed by atoms with Crippen LogP contribution in [0.4, 0.5) is 0 Å². The molecule has 1 aliphatic rings. The quantitative estimate of drug-likeness (QED) is 0.763. The predicted molar refractivity (Wildman–Crippen MR) is 86.2 cm³/mol. The topological polar surface area (TPSA) is 81.6 Å². The maximum Gasteiger partial charge on any atom is 0.224 e. The Kier molecular flexibility index (Phi) is 4.80. The monoisotopic (exact) mass is 307 g/mol. The fourth-order valence-electron chi connectivity index (χ4n) is 2.53. The summed E-state index contributed by atoms with van der Waals surface area (Å²) >= 11 is 5.00. The van der Waals surface area contributed by atoms with E-state index in [1.807, 2.05) is 31.2 Å². The Balaban J connectivity index is 1.86. The van der Waals surface area contributed by atoms with E-state index in [-0.39, 0.29) is 5.91 Å². The van der Waals surface area contributed by atoms with Gasteiger partial charge >= 0.3 is 0 Å². The largest absolute Gasteiger partial charge is 0.492 e. The molecule has 1 heterocycles. The summed E-state index contributed by atoms with van der Waals surface area (Å²) in [5.41, 5.74) is 11.4. The number of rotatable bonds is 6. The number of para-hydroxylation sites is 1. The van der Waals surface area contributed by atoms with Crippen LogP contribution in [0.1, 0.15) is 18.9 Å². The number of carbonyl (C=O) groups excluding carboxylic acids is 1. The summed E-state index contributed by atoms with van der Waals surface area (Å²) in [6, 6.07) is 7.46. The number of benzene rings is 1. The number of carbonyl (C=O) groups is 1. The van der Waals surface area contributed by atoms with Crippen molar-refractivity contribution in [2.45, 2.75) is 13.3 Å². The Labute approximate surface area is 130 Å². The van der Waals surface area contributed by atoms with Crippen LogP contribution in [0, 0.1) is 5.41 Å². The van der Waals surface area contributed by atoms with Gasteiger partial charge in [-0.25, -0.2) is 0 Å². The minimum absolute atomic E-state index is 0.232. The molecular weight excluding hydrogens is 286 g/mol. The smallest absolute Gasteiger partial charge is 0.224 e. The molecule has 0 saturated carbocycles. The number of amides is 1. The highest BCUT2D eigenvalue weighted by atomic mass is 32.1. The van der Waals surface area contributed by atoms with Gasteiger partial charge in [0.05, 0.1) is 11.0 Å². The number of nitrogens with two attached hydrogens (primary N) is 2. The lowest BCUT2D eigenvalue weighted by atomic mass is 9.89. The minimum atomic E-state index is -0.420. The van der Waals surface area contributed by atoms with Crippen molar-refractivity contribution in [3.05, 3.63) is 29.8 Å². The van der Waals surface area contributed by atoms with E-state index < -0.39 is 5.41 Å². The van der Waals surface area contributed by atoms with E-state index in [4.69, 9.17) is 28.4 Å². The second-order valence-corrected chi connectivity index (χ2v) is 6.10. The molecule has 1 atom stereocenters. The Morgan fingerprint density at radius 2 is 2.14 bits per heavy atom. The zero-order valence-corrected chi connectivity index (χ0v) is 13.0. The van der Waals surface area contributed by atoms with Crippen molar-refractivity contribution in [3.63, 3.8) is 0 Å². The summed E-state index contributed by atoms with van der Waals surface area (Å²) in [5, 5.41) is 0. The van der Waals surface area contributed by atoms with E-state index in [1.54, 1.807) is 0 Å². The zero-order chi connectivity index (χ0) is 15.5. The molecule has 0 aliphatic carbocycles. The van der Waals surface area contributed by atoms with Gasteiger partial charge in [0, 0.05) is 13.1 Å². The van der Waals surface area contributed by atoms with Gasteiger partial charge in [-0.1, -0.05) is 24.4 Å². The Bertz CT molecular complexity index is 549. The third kappa shape index (κ3) is 3.71. The van der Waals surface area contributed by atoms with Gasteiger partial charge in [-0.2, -0.15) is 0 Å². The third-order valence-electron chi connectivity index (χ3n) is 3.96. The number of hydrogen-bond acceptors (Lipinski definition) is 4. The molecule has 5 nitrogen and oxygen atoms in total. The van der Waals surface area contributed by atoms with Gasteiger partial charge in [-0.05, 0) is 32.0 Å². The Morgan fingerprint density at radius 3 is 2.76 bits per heavy atom. The zero-order valence-electron chi connectivity index (χ0n) is 12.2. The average molecular weight is 307 g/mol. The van der Waals surface area contributed by atoms with Gasteiger partial charge in [0.25, 0.3) is 0 Å². The van der Waals surface area contributed by atoms with Crippen LogP contribution in [0.15, 0.2) is 24.3 Å². The summed E-state index contributed by atoms with van der Waals surface area (Å²) in [7, 11) is 0.